The molecular weight excluding hydrogens is 390 g/mol. The minimum absolute atomic E-state index is 0.0830. The third kappa shape index (κ3) is 6.05. The van der Waals surface area contributed by atoms with E-state index in [9.17, 15) is 13.2 Å². The predicted molar refractivity (Wildman–Crippen MR) is 111 cm³/mol. The van der Waals surface area contributed by atoms with E-state index in [1.165, 1.54) is 0 Å². The van der Waals surface area contributed by atoms with Gasteiger partial charge in [0, 0.05) is 6.54 Å². The van der Waals surface area contributed by atoms with Crippen molar-refractivity contribution in [3.8, 4) is 11.5 Å². The summed E-state index contributed by atoms with van der Waals surface area (Å²) < 4.78 is 34.3. The van der Waals surface area contributed by atoms with Crippen LogP contribution in [0.25, 0.3) is 0 Å². The molecule has 7 heteroatoms. The smallest absolute Gasteiger partial charge is 0.264 e. The van der Waals surface area contributed by atoms with Crippen LogP contribution in [0.3, 0.4) is 0 Å². The molecule has 0 saturated carbocycles. The first-order valence-electron chi connectivity index (χ1n) is 9.71. The molecule has 0 aromatic heterocycles. The molecule has 6 nitrogen and oxygen atoms in total. The first-order valence-corrected chi connectivity index (χ1v) is 11.5. The number of ether oxygens (including phenoxy) is 1. The van der Waals surface area contributed by atoms with E-state index in [2.05, 4.69) is 0 Å². The zero-order valence-electron chi connectivity index (χ0n) is 16.9. The standard InChI is InChI=1S/C22H27NO5S/c1-16(2)13-20-21(28-29(3,25)26)14-22(24)23(20)15-17-9-11-19(12-10-17)27-18-7-5-4-6-8-18/h4-12,16,20-21H,13-15H2,1-3H3/t20-,21-/m0/s1. The number of amides is 1. The van der Waals surface area contributed by atoms with Crippen LogP contribution in [0.1, 0.15) is 32.3 Å². The Morgan fingerprint density at radius 1 is 1.03 bits per heavy atom. The summed E-state index contributed by atoms with van der Waals surface area (Å²) in [6.07, 6.45) is 1.15. The third-order valence-electron chi connectivity index (χ3n) is 4.79. The molecule has 0 spiro atoms. The Labute approximate surface area is 172 Å². The summed E-state index contributed by atoms with van der Waals surface area (Å²) in [5.74, 6) is 1.69. The Balaban J connectivity index is 1.72. The van der Waals surface area contributed by atoms with Crippen LogP contribution < -0.4 is 4.74 Å². The van der Waals surface area contributed by atoms with Gasteiger partial charge in [0.05, 0.1) is 18.7 Å². The zero-order valence-corrected chi connectivity index (χ0v) is 17.8. The molecular formula is C22H27NO5S. The highest BCUT2D eigenvalue weighted by molar-refractivity contribution is 7.86. The maximum absolute atomic E-state index is 12.6. The summed E-state index contributed by atoms with van der Waals surface area (Å²) in [4.78, 5) is 14.3. The number of carbonyl (C=O) groups is 1. The Bertz CT molecular complexity index is 925. The second-order valence-electron chi connectivity index (χ2n) is 7.82. The first kappa shape index (κ1) is 21.3. The summed E-state index contributed by atoms with van der Waals surface area (Å²) in [7, 11) is -3.63. The van der Waals surface area contributed by atoms with E-state index in [0.717, 1.165) is 17.6 Å². The lowest BCUT2D eigenvalue weighted by Crippen LogP contribution is -2.39. The van der Waals surface area contributed by atoms with Gasteiger partial charge >= 0.3 is 0 Å². The highest BCUT2D eigenvalue weighted by Crippen LogP contribution is 2.30. The third-order valence-corrected chi connectivity index (χ3v) is 5.39. The molecule has 1 saturated heterocycles. The van der Waals surface area contributed by atoms with Crippen molar-refractivity contribution in [2.24, 2.45) is 5.92 Å². The van der Waals surface area contributed by atoms with Crippen molar-refractivity contribution in [3.05, 3.63) is 60.2 Å². The maximum atomic E-state index is 12.6. The number of rotatable bonds is 8. The van der Waals surface area contributed by atoms with Gasteiger partial charge < -0.3 is 9.64 Å². The molecule has 2 atom stereocenters. The number of nitrogens with zero attached hydrogens (tertiary/aromatic N) is 1. The van der Waals surface area contributed by atoms with E-state index in [0.29, 0.717) is 24.6 Å². The summed E-state index contributed by atoms with van der Waals surface area (Å²) in [5, 5.41) is 0. The SMILES string of the molecule is CC(C)C[C@H]1[C@@H](OS(C)(=O)=O)CC(=O)N1Cc1ccc(Oc2ccccc2)cc1. The lowest BCUT2D eigenvalue weighted by atomic mass is 9.99. The van der Waals surface area contributed by atoms with E-state index in [4.69, 9.17) is 8.92 Å². The Morgan fingerprint density at radius 2 is 1.66 bits per heavy atom. The molecule has 0 bridgehead atoms. The molecule has 29 heavy (non-hydrogen) atoms. The second-order valence-corrected chi connectivity index (χ2v) is 9.42. The van der Waals surface area contributed by atoms with E-state index >= 15 is 0 Å². The van der Waals surface area contributed by atoms with Gasteiger partial charge in [0.15, 0.2) is 0 Å². The maximum Gasteiger partial charge on any atom is 0.264 e. The summed E-state index contributed by atoms with van der Waals surface area (Å²) in [6, 6.07) is 16.8. The number of para-hydroxylation sites is 1. The van der Waals surface area contributed by atoms with Crippen LogP contribution in [0.4, 0.5) is 0 Å². The van der Waals surface area contributed by atoms with E-state index < -0.39 is 16.2 Å². The Hall–Kier alpha value is -2.38. The van der Waals surface area contributed by atoms with Crippen molar-refractivity contribution in [2.75, 3.05) is 6.26 Å². The van der Waals surface area contributed by atoms with Crippen LogP contribution in [0.5, 0.6) is 11.5 Å². The average Bonchev–Trinajstić information content (AvgIpc) is 2.90. The van der Waals surface area contributed by atoms with Gasteiger partial charge in [-0.1, -0.05) is 44.2 Å². The van der Waals surface area contributed by atoms with Gasteiger partial charge in [-0.25, -0.2) is 0 Å². The van der Waals surface area contributed by atoms with Crippen LogP contribution in [-0.4, -0.2) is 37.6 Å². The fraction of sp³-hybridized carbons (Fsp3) is 0.409. The molecule has 1 heterocycles. The summed E-state index contributed by atoms with van der Waals surface area (Å²) >= 11 is 0. The van der Waals surface area contributed by atoms with Gasteiger partial charge in [0.1, 0.15) is 17.6 Å². The van der Waals surface area contributed by atoms with Crippen LogP contribution >= 0.6 is 0 Å². The highest BCUT2D eigenvalue weighted by Gasteiger charge is 2.42. The second kappa shape index (κ2) is 8.97. The topological polar surface area (TPSA) is 72.9 Å². The average molecular weight is 418 g/mol. The van der Waals surface area contributed by atoms with Gasteiger partial charge in [0.25, 0.3) is 10.1 Å². The van der Waals surface area contributed by atoms with Crippen molar-refractivity contribution in [3.63, 3.8) is 0 Å². The summed E-state index contributed by atoms with van der Waals surface area (Å²) in [5.41, 5.74) is 0.951. The van der Waals surface area contributed by atoms with Crippen molar-refractivity contribution >= 4 is 16.0 Å². The lowest BCUT2D eigenvalue weighted by Gasteiger charge is -2.29. The normalized spacial score (nSPS) is 19.7. The molecule has 1 aliphatic rings. The molecule has 3 rings (SSSR count). The fourth-order valence-electron chi connectivity index (χ4n) is 3.59. The molecule has 156 valence electrons. The molecule has 1 fully saturated rings. The van der Waals surface area contributed by atoms with Gasteiger partial charge in [-0.15, -0.1) is 0 Å². The molecule has 0 N–H and O–H groups in total. The largest absolute Gasteiger partial charge is 0.457 e. The minimum Gasteiger partial charge on any atom is -0.457 e. The number of benzene rings is 2. The highest BCUT2D eigenvalue weighted by atomic mass is 32.2. The first-order chi connectivity index (χ1) is 13.7. The lowest BCUT2D eigenvalue weighted by molar-refractivity contribution is -0.129. The van der Waals surface area contributed by atoms with Crippen molar-refractivity contribution in [2.45, 2.75) is 45.4 Å². The minimum atomic E-state index is -3.63. The van der Waals surface area contributed by atoms with Gasteiger partial charge in [-0.2, -0.15) is 8.42 Å². The molecule has 1 aliphatic heterocycles. The van der Waals surface area contributed by atoms with Crippen LogP contribution in [-0.2, 0) is 25.6 Å². The number of carbonyl (C=O) groups excluding carboxylic acids is 1. The van der Waals surface area contributed by atoms with Crippen molar-refractivity contribution < 1.29 is 22.1 Å². The fourth-order valence-corrected chi connectivity index (χ4v) is 4.23. The molecule has 0 radical (unpaired) electrons. The van der Waals surface area contributed by atoms with E-state index in [1.807, 2.05) is 68.4 Å². The van der Waals surface area contributed by atoms with Gasteiger partial charge in [-0.05, 0) is 42.2 Å². The van der Waals surface area contributed by atoms with Crippen LogP contribution in [0.15, 0.2) is 54.6 Å². The van der Waals surface area contributed by atoms with Crippen LogP contribution in [0, 0.1) is 5.92 Å². The number of hydrogen-bond donors (Lipinski definition) is 0. The molecule has 2 aromatic carbocycles. The number of likely N-dealkylation sites (tertiary alicyclic amines) is 1. The number of hydrogen-bond acceptors (Lipinski definition) is 5. The quantitative estimate of drug-likeness (QED) is 0.608. The van der Waals surface area contributed by atoms with E-state index in [-0.39, 0.29) is 18.4 Å². The predicted octanol–water partition coefficient (Wildman–Crippen LogP) is 3.97. The van der Waals surface area contributed by atoms with E-state index in [1.54, 1.807) is 4.90 Å². The van der Waals surface area contributed by atoms with Gasteiger partial charge in [0.2, 0.25) is 5.91 Å². The summed E-state index contributed by atoms with van der Waals surface area (Å²) in [6.45, 7) is 4.51. The monoisotopic (exact) mass is 417 g/mol. The van der Waals surface area contributed by atoms with Crippen LogP contribution in [0.2, 0.25) is 0 Å². The van der Waals surface area contributed by atoms with Gasteiger partial charge in [-0.3, -0.25) is 8.98 Å². The molecule has 0 aliphatic carbocycles. The molecule has 1 amide bonds. The molecule has 0 unspecified atom stereocenters. The zero-order chi connectivity index (χ0) is 21.0. The Kier molecular flexibility index (Phi) is 6.59. The Morgan fingerprint density at radius 3 is 2.24 bits per heavy atom. The van der Waals surface area contributed by atoms with Crippen molar-refractivity contribution in [1.29, 1.82) is 0 Å². The van der Waals surface area contributed by atoms with Crippen molar-refractivity contribution in [1.82, 2.24) is 4.90 Å². The molecule has 2 aromatic rings.